The number of hydrogen-bond acceptors (Lipinski definition) is 2. The Morgan fingerprint density at radius 1 is 1.20 bits per heavy atom. The van der Waals surface area contributed by atoms with E-state index in [9.17, 15) is 9.90 Å². The zero-order chi connectivity index (χ0) is 14.5. The van der Waals surface area contributed by atoms with Crippen molar-refractivity contribution >= 4 is 11.6 Å². The number of carbonyl (C=O) groups is 1. The highest BCUT2D eigenvalue weighted by Gasteiger charge is 2.18. The van der Waals surface area contributed by atoms with Crippen LogP contribution in [0.15, 0.2) is 48.5 Å². The number of aromatic hydroxyl groups is 1. The third-order valence-corrected chi connectivity index (χ3v) is 3.40. The van der Waals surface area contributed by atoms with E-state index in [4.69, 9.17) is 0 Å². The predicted molar refractivity (Wildman–Crippen MR) is 80.9 cm³/mol. The van der Waals surface area contributed by atoms with Crippen LogP contribution < -0.4 is 5.32 Å². The molecule has 3 heteroatoms. The normalized spacial score (nSPS) is 11.9. The fourth-order valence-corrected chi connectivity index (χ4v) is 2.17. The number of carbonyl (C=O) groups excluding carboxylic acids is 1. The number of hydrogen-bond donors (Lipinski definition) is 2. The Hall–Kier alpha value is -2.29. The summed E-state index contributed by atoms with van der Waals surface area (Å²) in [6.45, 7) is 3.81. The predicted octanol–water partition coefficient (Wildman–Crippen LogP) is 3.83. The first-order chi connectivity index (χ1) is 9.61. The van der Waals surface area contributed by atoms with Crippen molar-refractivity contribution < 1.29 is 9.90 Å². The van der Waals surface area contributed by atoms with Gasteiger partial charge in [-0.25, -0.2) is 0 Å². The molecule has 1 unspecified atom stereocenters. The van der Waals surface area contributed by atoms with Crippen molar-refractivity contribution in [3.8, 4) is 5.75 Å². The number of phenolic OH excluding ortho intramolecular Hbond substituents is 1. The Labute approximate surface area is 119 Å². The molecule has 0 bridgehead atoms. The van der Waals surface area contributed by atoms with E-state index >= 15 is 0 Å². The maximum atomic E-state index is 12.3. The molecule has 0 radical (unpaired) electrons. The number of amides is 1. The van der Waals surface area contributed by atoms with Gasteiger partial charge in [0.1, 0.15) is 5.75 Å². The fraction of sp³-hybridized carbons (Fsp3) is 0.235. The molecule has 0 saturated heterocycles. The van der Waals surface area contributed by atoms with Crippen LogP contribution in [0.2, 0.25) is 0 Å². The quantitative estimate of drug-likeness (QED) is 0.886. The molecule has 0 aromatic heterocycles. The van der Waals surface area contributed by atoms with Crippen molar-refractivity contribution in [3.05, 3.63) is 59.7 Å². The summed E-state index contributed by atoms with van der Waals surface area (Å²) in [5.74, 6) is -0.0443. The van der Waals surface area contributed by atoms with Crippen LogP contribution in [0, 0.1) is 6.92 Å². The first-order valence-corrected chi connectivity index (χ1v) is 6.77. The number of anilines is 1. The molecule has 0 aliphatic carbocycles. The SMILES string of the molecule is CCC(C(=O)Nc1ccc(C)c(O)c1)c1ccccc1. The van der Waals surface area contributed by atoms with Gasteiger partial charge in [0.05, 0.1) is 5.92 Å². The maximum absolute atomic E-state index is 12.3. The monoisotopic (exact) mass is 269 g/mol. The van der Waals surface area contributed by atoms with E-state index in [1.165, 1.54) is 0 Å². The highest BCUT2D eigenvalue weighted by molar-refractivity contribution is 5.96. The maximum Gasteiger partial charge on any atom is 0.231 e. The summed E-state index contributed by atoms with van der Waals surface area (Å²) in [5.41, 5.74) is 2.41. The molecule has 2 rings (SSSR count). The molecule has 2 aromatic carbocycles. The van der Waals surface area contributed by atoms with Crippen molar-refractivity contribution in [1.82, 2.24) is 0 Å². The van der Waals surface area contributed by atoms with Gasteiger partial charge in [0.25, 0.3) is 0 Å². The Kier molecular flexibility index (Phi) is 4.41. The highest BCUT2D eigenvalue weighted by atomic mass is 16.3. The lowest BCUT2D eigenvalue weighted by Gasteiger charge is -2.15. The van der Waals surface area contributed by atoms with Gasteiger partial charge in [0.2, 0.25) is 5.91 Å². The second kappa shape index (κ2) is 6.24. The molecule has 2 N–H and O–H groups in total. The van der Waals surface area contributed by atoms with Crippen LogP contribution in [0.5, 0.6) is 5.75 Å². The van der Waals surface area contributed by atoms with E-state index in [1.807, 2.05) is 44.2 Å². The van der Waals surface area contributed by atoms with Gasteiger partial charge in [0.15, 0.2) is 0 Å². The van der Waals surface area contributed by atoms with E-state index in [1.54, 1.807) is 18.2 Å². The molecule has 0 spiro atoms. The second-order valence-corrected chi connectivity index (χ2v) is 4.86. The Morgan fingerprint density at radius 3 is 2.50 bits per heavy atom. The number of aryl methyl sites for hydroxylation is 1. The van der Waals surface area contributed by atoms with Crippen LogP contribution in [0.4, 0.5) is 5.69 Å². The topological polar surface area (TPSA) is 49.3 Å². The molecule has 2 aromatic rings. The van der Waals surface area contributed by atoms with Gasteiger partial charge in [0, 0.05) is 11.8 Å². The van der Waals surface area contributed by atoms with Crippen LogP contribution >= 0.6 is 0 Å². The van der Waals surface area contributed by atoms with Crippen LogP contribution in [0.1, 0.15) is 30.4 Å². The minimum atomic E-state index is -0.181. The molecule has 0 saturated carbocycles. The molecule has 3 nitrogen and oxygen atoms in total. The van der Waals surface area contributed by atoms with Gasteiger partial charge < -0.3 is 10.4 Å². The van der Waals surface area contributed by atoms with Gasteiger partial charge in [-0.15, -0.1) is 0 Å². The lowest BCUT2D eigenvalue weighted by molar-refractivity contribution is -0.117. The van der Waals surface area contributed by atoms with Gasteiger partial charge in [-0.3, -0.25) is 4.79 Å². The highest BCUT2D eigenvalue weighted by Crippen LogP contribution is 2.24. The summed E-state index contributed by atoms with van der Waals surface area (Å²) in [6, 6.07) is 14.9. The first kappa shape index (κ1) is 14.1. The molecular formula is C17H19NO2. The Morgan fingerprint density at radius 2 is 1.90 bits per heavy atom. The number of benzene rings is 2. The molecule has 0 aliphatic rings. The molecular weight excluding hydrogens is 250 g/mol. The van der Waals surface area contributed by atoms with Crippen molar-refractivity contribution in [3.63, 3.8) is 0 Å². The minimum Gasteiger partial charge on any atom is -0.508 e. The van der Waals surface area contributed by atoms with Crippen molar-refractivity contribution in [2.45, 2.75) is 26.2 Å². The van der Waals surface area contributed by atoms with Gasteiger partial charge in [-0.1, -0.05) is 43.3 Å². The summed E-state index contributed by atoms with van der Waals surface area (Å²) in [7, 11) is 0. The van der Waals surface area contributed by atoms with E-state index in [0.717, 1.165) is 17.5 Å². The van der Waals surface area contributed by atoms with Crippen molar-refractivity contribution in [2.24, 2.45) is 0 Å². The summed E-state index contributed by atoms with van der Waals surface area (Å²) in [6.07, 6.45) is 0.730. The standard InChI is InChI=1S/C17H19NO2/c1-3-15(13-7-5-4-6-8-13)17(20)18-14-10-9-12(2)16(19)11-14/h4-11,15,19H,3H2,1-2H3,(H,18,20). The lowest BCUT2D eigenvalue weighted by Crippen LogP contribution is -2.20. The number of nitrogens with one attached hydrogen (secondary N) is 1. The number of phenols is 1. The zero-order valence-electron chi connectivity index (χ0n) is 11.8. The molecule has 0 aliphatic heterocycles. The fourth-order valence-electron chi connectivity index (χ4n) is 2.17. The smallest absolute Gasteiger partial charge is 0.231 e. The average Bonchev–Trinajstić information content (AvgIpc) is 2.45. The van der Waals surface area contributed by atoms with Gasteiger partial charge in [-0.2, -0.15) is 0 Å². The van der Waals surface area contributed by atoms with E-state index in [2.05, 4.69) is 5.32 Å². The first-order valence-electron chi connectivity index (χ1n) is 6.77. The van der Waals surface area contributed by atoms with E-state index in [0.29, 0.717) is 5.69 Å². The summed E-state index contributed by atoms with van der Waals surface area (Å²) >= 11 is 0. The van der Waals surface area contributed by atoms with Crippen LogP contribution in [0.3, 0.4) is 0 Å². The van der Waals surface area contributed by atoms with Crippen LogP contribution in [0.25, 0.3) is 0 Å². The van der Waals surface area contributed by atoms with Gasteiger partial charge in [-0.05, 0) is 30.5 Å². The summed E-state index contributed by atoms with van der Waals surface area (Å²) in [4.78, 5) is 12.3. The molecule has 1 atom stereocenters. The molecule has 0 heterocycles. The number of rotatable bonds is 4. The summed E-state index contributed by atoms with van der Waals surface area (Å²) in [5, 5.41) is 12.5. The molecule has 20 heavy (non-hydrogen) atoms. The minimum absolute atomic E-state index is 0.0537. The van der Waals surface area contributed by atoms with E-state index in [-0.39, 0.29) is 17.6 Å². The van der Waals surface area contributed by atoms with E-state index < -0.39 is 0 Å². The van der Waals surface area contributed by atoms with Crippen LogP contribution in [-0.2, 0) is 4.79 Å². The third-order valence-electron chi connectivity index (χ3n) is 3.40. The summed E-state index contributed by atoms with van der Waals surface area (Å²) < 4.78 is 0. The van der Waals surface area contributed by atoms with Gasteiger partial charge >= 0.3 is 0 Å². The Balaban J connectivity index is 2.15. The zero-order valence-corrected chi connectivity index (χ0v) is 11.8. The average molecular weight is 269 g/mol. The lowest BCUT2D eigenvalue weighted by atomic mass is 9.95. The van der Waals surface area contributed by atoms with Crippen molar-refractivity contribution in [1.29, 1.82) is 0 Å². The molecule has 104 valence electrons. The Bertz CT molecular complexity index is 593. The largest absolute Gasteiger partial charge is 0.508 e. The van der Waals surface area contributed by atoms with Crippen molar-refractivity contribution in [2.75, 3.05) is 5.32 Å². The third kappa shape index (κ3) is 3.18. The molecule has 0 fully saturated rings. The second-order valence-electron chi connectivity index (χ2n) is 4.86. The van der Waals surface area contributed by atoms with Crippen LogP contribution in [-0.4, -0.2) is 11.0 Å². The molecule has 1 amide bonds.